The Bertz CT molecular complexity index is 724. The van der Waals surface area contributed by atoms with Gasteiger partial charge in [-0.2, -0.15) is 0 Å². The molecule has 0 radical (unpaired) electrons. The quantitative estimate of drug-likeness (QED) is 0.627. The molecule has 2 aliphatic rings. The van der Waals surface area contributed by atoms with Crippen LogP contribution in [0.4, 0.5) is 10.6 Å². The molecule has 1 aromatic rings. The number of carbonyl (C=O) groups is 2. The van der Waals surface area contributed by atoms with Crippen LogP contribution in [0, 0.1) is 10.8 Å². The predicted molar refractivity (Wildman–Crippen MR) is 94.3 cm³/mol. The highest BCUT2D eigenvalue weighted by Gasteiger charge is 2.40. The van der Waals surface area contributed by atoms with Crippen LogP contribution in [0.25, 0.3) is 0 Å². The van der Waals surface area contributed by atoms with Gasteiger partial charge in [0.15, 0.2) is 5.84 Å². The van der Waals surface area contributed by atoms with E-state index in [2.05, 4.69) is 4.98 Å². The average molecular weight is 342 g/mol. The molecule has 0 spiro atoms. The molecule has 8 nitrogen and oxygen atoms in total. The van der Waals surface area contributed by atoms with Crippen LogP contribution in [0.3, 0.4) is 0 Å². The minimum absolute atomic E-state index is 0.0147. The number of rotatable bonds is 5. The molecule has 0 bridgehead atoms. The number of ketones is 1. The summed E-state index contributed by atoms with van der Waals surface area (Å²) in [5.41, 5.74) is 0.416. The normalized spacial score (nSPS) is 17.9. The van der Waals surface area contributed by atoms with E-state index in [9.17, 15) is 9.59 Å². The Morgan fingerprint density at radius 3 is 2.64 bits per heavy atom. The first kappa shape index (κ1) is 17.1. The SMILES string of the molecule is CC(C)N(C=N)C(=N)c1cccc(N2CCN(C3CC(=O)C3)C2=O)n1. The minimum Gasteiger partial charge on any atom is -0.319 e. The summed E-state index contributed by atoms with van der Waals surface area (Å²) in [6.45, 7) is 4.89. The summed E-state index contributed by atoms with van der Waals surface area (Å²) in [7, 11) is 0. The molecule has 1 aliphatic heterocycles. The first-order chi connectivity index (χ1) is 11.9. The van der Waals surface area contributed by atoms with Gasteiger partial charge in [-0.3, -0.25) is 20.5 Å². The summed E-state index contributed by atoms with van der Waals surface area (Å²) in [5, 5.41) is 15.7. The standard InChI is InChI=1S/C17H22N6O2/c1-11(2)23(10-18)16(19)14-4-3-5-15(20-14)22-7-6-21(17(22)25)12-8-13(24)9-12/h3-5,10-12,18-19H,6-9H2,1-2H3. The fraction of sp³-hybridized carbons (Fsp3) is 0.471. The number of urea groups is 1. The number of amidine groups is 1. The molecule has 2 fully saturated rings. The molecule has 0 atom stereocenters. The van der Waals surface area contributed by atoms with Gasteiger partial charge < -0.3 is 9.80 Å². The van der Waals surface area contributed by atoms with Crippen LogP contribution < -0.4 is 4.90 Å². The van der Waals surface area contributed by atoms with Gasteiger partial charge in [0, 0.05) is 38.0 Å². The summed E-state index contributed by atoms with van der Waals surface area (Å²) >= 11 is 0. The molecule has 8 heteroatoms. The van der Waals surface area contributed by atoms with Crippen molar-refractivity contribution >= 4 is 29.8 Å². The molecule has 1 aromatic heterocycles. The third-order valence-electron chi connectivity index (χ3n) is 4.62. The third-order valence-corrected chi connectivity index (χ3v) is 4.62. The summed E-state index contributed by atoms with van der Waals surface area (Å²) in [4.78, 5) is 33.1. The van der Waals surface area contributed by atoms with Crippen molar-refractivity contribution in [3.8, 4) is 0 Å². The number of hydrogen-bond acceptors (Lipinski definition) is 5. The van der Waals surface area contributed by atoms with Gasteiger partial charge in [0.25, 0.3) is 0 Å². The Balaban J connectivity index is 1.78. The number of pyridine rings is 1. The van der Waals surface area contributed by atoms with E-state index in [4.69, 9.17) is 10.8 Å². The molecule has 25 heavy (non-hydrogen) atoms. The zero-order valence-corrected chi connectivity index (χ0v) is 14.4. The number of nitrogens with one attached hydrogen (secondary N) is 2. The molecular formula is C17H22N6O2. The van der Waals surface area contributed by atoms with Gasteiger partial charge in [-0.25, -0.2) is 9.78 Å². The van der Waals surface area contributed by atoms with E-state index in [0.29, 0.717) is 37.4 Å². The monoisotopic (exact) mass is 342 g/mol. The second kappa shape index (κ2) is 6.62. The van der Waals surface area contributed by atoms with E-state index in [1.807, 2.05) is 13.8 Å². The minimum atomic E-state index is -0.138. The molecule has 132 valence electrons. The van der Waals surface area contributed by atoms with Crippen molar-refractivity contribution in [3.05, 3.63) is 23.9 Å². The molecule has 1 saturated heterocycles. The van der Waals surface area contributed by atoms with Crippen LogP contribution in [0.5, 0.6) is 0 Å². The lowest BCUT2D eigenvalue weighted by molar-refractivity contribution is -0.126. The summed E-state index contributed by atoms with van der Waals surface area (Å²) in [6.07, 6.45) is 2.00. The number of nitrogens with zero attached hydrogens (tertiary/aromatic N) is 4. The lowest BCUT2D eigenvalue weighted by Gasteiger charge is -2.33. The maximum absolute atomic E-state index is 12.6. The first-order valence-corrected chi connectivity index (χ1v) is 8.37. The van der Waals surface area contributed by atoms with Crippen LogP contribution >= 0.6 is 0 Å². The molecule has 1 aliphatic carbocycles. The number of anilines is 1. The highest BCUT2D eigenvalue weighted by Crippen LogP contribution is 2.27. The van der Waals surface area contributed by atoms with Crippen LogP contribution in [-0.2, 0) is 4.79 Å². The molecular weight excluding hydrogens is 320 g/mol. The predicted octanol–water partition coefficient (Wildman–Crippen LogP) is 1.70. The van der Waals surface area contributed by atoms with Gasteiger partial charge in [0.1, 0.15) is 17.3 Å². The number of hydrogen-bond donors (Lipinski definition) is 2. The van der Waals surface area contributed by atoms with Gasteiger partial charge >= 0.3 is 6.03 Å². The fourth-order valence-corrected chi connectivity index (χ4v) is 3.10. The van der Waals surface area contributed by atoms with Crippen LogP contribution in [0.1, 0.15) is 32.4 Å². The largest absolute Gasteiger partial charge is 0.326 e. The molecule has 0 aromatic carbocycles. The van der Waals surface area contributed by atoms with Gasteiger partial charge in [-0.05, 0) is 26.0 Å². The Morgan fingerprint density at radius 2 is 2.04 bits per heavy atom. The highest BCUT2D eigenvalue weighted by molar-refractivity contribution is 6.02. The van der Waals surface area contributed by atoms with Crippen molar-refractivity contribution in [2.75, 3.05) is 18.0 Å². The highest BCUT2D eigenvalue weighted by atomic mass is 16.2. The van der Waals surface area contributed by atoms with Gasteiger partial charge in [0.05, 0.1) is 6.34 Å². The van der Waals surface area contributed by atoms with Crippen LogP contribution in [0.2, 0.25) is 0 Å². The maximum Gasteiger partial charge on any atom is 0.326 e. The third kappa shape index (κ3) is 3.11. The maximum atomic E-state index is 12.6. The number of aromatic nitrogens is 1. The zero-order chi connectivity index (χ0) is 18.1. The zero-order valence-electron chi connectivity index (χ0n) is 14.4. The lowest BCUT2D eigenvalue weighted by atomic mass is 9.90. The van der Waals surface area contributed by atoms with E-state index in [1.165, 1.54) is 4.90 Å². The second-order valence-corrected chi connectivity index (χ2v) is 6.59. The van der Waals surface area contributed by atoms with Gasteiger partial charge in [0.2, 0.25) is 0 Å². The fourth-order valence-electron chi connectivity index (χ4n) is 3.10. The first-order valence-electron chi connectivity index (χ1n) is 8.37. The summed E-state index contributed by atoms with van der Waals surface area (Å²) in [5.74, 6) is 0.819. The average Bonchev–Trinajstić information content (AvgIpc) is 2.93. The molecule has 1 saturated carbocycles. The van der Waals surface area contributed by atoms with Crippen LogP contribution in [0.15, 0.2) is 18.2 Å². The van der Waals surface area contributed by atoms with Crippen molar-refractivity contribution in [2.45, 2.75) is 38.8 Å². The van der Waals surface area contributed by atoms with Crippen molar-refractivity contribution in [3.63, 3.8) is 0 Å². The summed E-state index contributed by atoms with van der Waals surface area (Å²) in [6, 6.07) is 5.05. The van der Waals surface area contributed by atoms with E-state index >= 15 is 0 Å². The van der Waals surface area contributed by atoms with Crippen molar-refractivity contribution in [1.82, 2.24) is 14.8 Å². The van der Waals surface area contributed by atoms with Crippen molar-refractivity contribution < 1.29 is 9.59 Å². The van der Waals surface area contributed by atoms with Crippen molar-refractivity contribution in [1.29, 1.82) is 10.8 Å². The lowest BCUT2D eigenvalue weighted by Crippen LogP contribution is -2.47. The van der Waals surface area contributed by atoms with Crippen LogP contribution in [-0.4, -0.2) is 63.9 Å². The summed E-state index contributed by atoms with van der Waals surface area (Å²) < 4.78 is 0. The topological polar surface area (TPSA) is 104 Å². The molecule has 2 amide bonds. The smallest absolute Gasteiger partial charge is 0.319 e. The van der Waals surface area contributed by atoms with E-state index in [0.717, 1.165) is 6.34 Å². The second-order valence-electron chi connectivity index (χ2n) is 6.59. The Kier molecular flexibility index (Phi) is 4.52. The Hall–Kier alpha value is -2.77. The Morgan fingerprint density at radius 1 is 1.32 bits per heavy atom. The number of amides is 2. The van der Waals surface area contributed by atoms with E-state index in [-0.39, 0.29) is 29.7 Å². The molecule has 0 unspecified atom stereocenters. The van der Waals surface area contributed by atoms with Gasteiger partial charge in [-0.1, -0.05) is 6.07 Å². The van der Waals surface area contributed by atoms with Gasteiger partial charge in [-0.15, -0.1) is 0 Å². The molecule has 2 N–H and O–H groups in total. The molecule has 2 heterocycles. The number of Topliss-reactive ketones (excluding diaryl/α,β-unsaturated/α-hetero) is 1. The molecule has 3 rings (SSSR count). The van der Waals surface area contributed by atoms with E-state index < -0.39 is 0 Å². The Labute approximate surface area is 146 Å². The van der Waals surface area contributed by atoms with Crippen molar-refractivity contribution in [2.24, 2.45) is 0 Å². The van der Waals surface area contributed by atoms with E-state index in [1.54, 1.807) is 28.0 Å². The number of carbonyl (C=O) groups excluding carboxylic acids is 2.